The summed E-state index contributed by atoms with van der Waals surface area (Å²) in [6.45, 7) is 3.23. The smallest absolute Gasteiger partial charge is 0.0706 e. The fourth-order valence-corrected chi connectivity index (χ4v) is 2.87. The summed E-state index contributed by atoms with van der Waals surface area (Å²) >= 11 is 0. The number of nitrogens with one attached hydrogen (secondary N) is 3. The van der Waals surface area contributed by atoms with E-state index in [9.17, 15) is 0 Å². The molecule has 5 heteroatoms. The van der Waals surface area contributed by atoms with Gasteiger partial charge in [-0.1, -0.05) is 12.1 Å². The standard InChI is InChI=1S/C18H25N4P/c1-21-15-8-9-17(19)16(12-15)18(20)13-4-6-14(7-5-13)22-10-3-11-23-2/h4-9,12,20-23H,3,10-11,19H2,1-2H3. The number of anilines is 3. The van der Waals surface area contributed by atoms with E-state index < -0.39 is 0 Å². The molecule has 122 valence electrons. The van der Waals surface area contributed by atoms with Gasteiger partial charge in [-0.3, -0.25) is 5.41 Å². The Balaban J connectivity index is 2.08. The molecule has 1 atom stereocenters. The van der Waals surface area contributed by atoms with Gasteiger partial charge in [0.1, 0.15) is 0 Å². The van der Waals surface area contributed by atoms with Crippen LogP contribution in [0, 0.1) is 5.41 Å². The van der Waals surface area contributed by atoms with Crippen LogP contribution in [0.5, 0.6) is 0 Å². The van der Waals surface area contributed by atoms with Gasteiger partial charge in [0.05, 0.1) is 5.71 Å². The first-order valence-corrected chi connectivity index (χ1v) is 9.51. The summed E-state index contributed by atoms with van der Waals surface area (Å²) in [5.74, 6) is 0. The van der Waals surface area contributed by atoms with Gasteiger partial charge in [-0.15, -0.1) is 8.58 Å². The summed E-state index contributed by atoms with van der Waals surface area (Å²) in [5.41, 5.74) is 10.8. The van der Waals surface area contributed by atoms with E-state index in [-0.39, 0.29) is 0 Å². The van der Waals surface area contributed by atoms with Crippen LogP contribution in [-0.2, 0) is 0 Å². The molecule has 0 aliphatic carbocycles. The maximum atomic E-state index is 8.42. The van der Waals surface area contributed by atoms with Gasteiger partial charge in [0, 0.05) is 41.8 Å². The van der Waals surface area contributed by atoms with E-state index in [4.69, 9.17) is 11.1 Å². The van der Waals surface area contributed by atoms with Crippen molar-refractivity contribution < 1.29 is 0 Å². The molecular weight excluding hydrogens is 303 g/mol. The fraction of sp³-hybridized carbons (Fsp3) is 0.278. The molecule has 4 nitrogen and oxygen atoms in total. The van der Waals surface area contributed by atoms with Crippen molar-refractivity contribution in [2.45, 2.75) is 6.42 Å². The summed E-state index contributed by atoms with van der Waals surface area (Å²) in [4.78, 5) is 0. The second-order valence-electron chi connectivity index (χ2n) is 5.39. The number of nitrogens with two attached hydrogens (primary N) is 1. The number of hydrogen-bond donors (Lipinski definition) is 4. The Hall–Kier alpha value is -2.06. The highest BCUT2D eigenvalue weighted by atomic mass is 31.1. The van der Waals surface area contributed by atoms with Crippen LogP contribution < -0.4 is 16.4 Å². The zero-order chi connectivity index (χ0) is 16.7. The summed E-state index contributed by atoms with van der Waals surface area (Å²) < 4.78 is 0. The van der Waals surface area contributed by atoms with Gasteiger partial charge >= 0.3 is 0 Å². The summed E-state index contributed by atoms with van der Waals surface area (Å²) in [6.07, 6.45) is 2.47. The van der Waals surface area contributed by atoms with E-state index in [2.05, 4.69) is 17.3 Å². The van der Waals surface area contributed by atoms with E-state index in [0.717, 1.165) is 37.6 Å². The Morgan fingerprint density at radius 3 is 2.48 bits per heavy atom. The molecule has 2 aromatic carbocycles. The summed E-state index contributed by atoms with van der Waals surface area (Å²) in [5, 5.41) is 14.9. The minimum atomic E-state index is 0.443. The van der Waals surface area contributed by atoms with Crippen LogP contribution in [0.4, 0.5) is 17.1 Å². The normalized spacial score (nSPS) is 10.9. The topological polar surface area (TPSA) is 73.9 Å². The molecule has 2 rings (SSSR count). The van der Waals surface area contributed by atoms with E-state index in [1.807, 2.05) is 49.5 Å². The van der Waals surface area contributed by atoms with Crippen LogP contribution in [0.25, 0.3) is 0 Å². The van der Waals surface area contributed by atoms with Crippen LogP contribution in [0.15, 0.2) is 42.5 Å². The number of nitrogen functional groups attached to an aromatic ring is 1. The molecule has 0 radical (unpaired) electrons. The van der Waals surface area contributed by atoms with E-state index in [1.165, 1.54) is 12.6 Å². The van der Waals surface area contributed by atoms with Crippen LogP contribution >= 0.6 is 8.58 Å². The molecule has 0 heterocycles. The molecule has 1 unspecified atom stereocenters. The Labute approximate surface area is 140 Å². The molecule has 0 aliphatic heterocycles. The highest BCUT2D eigenvalue weighted by Gasteiger charge is 2.09. The molecule has 0 aliphatic rings. The summed E-state index contributed by atoms with van der Waals surface area (Å²) in [6, 6.07) is 13.6. The van der Waals surface area contributed by atoms with Gasteiger partial charge < -0.3 is 16.4 Å². The maximum absolute atomic E-state index is 8.42. The number of hydrogen-bond acceptors (Lipinski definition) is 4. The van der Waals surface area contributed by atoms with Crippen molar-refractivity contribution in [1.82, 2.24) is 0 Å². The maximum Gasteiger partial charge on any atom is 0.0706 e. The molecule has 0 saturated heterocycles. The molecule has 23 heavy (non-hydrogen) atoms. The lowest BCUT2D eigenvalue weighted by Gasteiger charge is -2.11. The van der Waals surface area contributed by atoms with Gasteiger partial charge in [0.2, 0.25) is 0 Å². The molecule has 0 saturated carbocycles. The largest absolute Gasteiger partial charge is 0.398 e. The molecular formula is C18H25N4P. The average molecular weight is 328 g/mol. The van der Waals surface area contributed by atoms with Gasteiger partial charge in [-0.25, -0.2) is 0 Å². The number of benzene rings is 2. The second-order valence-corrected chi connectivity index (χ2v) is 6.60. The van der Waals surface area contributed by atoms with Crippen molar-refractivity contribution in [3.8, 4) is 0 Å². The number of rotatable bonds is 8. The highest BCUT2D eigenvalue weighted by molar-refractivity contribution is 7.36. The Morgan fingerprint density at radius 1 is 1.13 bits per heavy atom. The van der Waals surface area contributed by atoms with Gasteiger partial charge in [-0.2, -0.15) is 0 Å². The van der Waals surface area contributed by atoms with Gasteiger partial charge in [0.15, 0.2) is 0 Å². The van der Waals surface area contributed by atoms with Crippen LogP contribution in [-0.4, -0.2) is 32.1 Å². The highest BCUT2D eigenvalue weighted by Crippen LogP contribution is 2.22. The minimum Gasteiger partial charge on any atom is -0.398 e. The molecule has 2 aromatic rings. The first-order valence-electron chi connectivity index (χ1n) is 7.81. The Bertz CT molecular complexity index is 653. The Kier molecular flexibility index (Phi) is 6.42. The lowest BCUT2D eigenvalue weighted by molar-refractivity contribution is 0.990. The third-order valence-corrected chi connectivity index (χ3v) is 4.57. The Morgan fingerprint density at radius 2 is 1.83 bits per heavy atom. The zero-order valence-electron chi connectivity index (χ0n) is 13.7. The minimum absolute atomic E-state index is 0.443. The molecule has 0 bridgehead atoms. The van der Waals surface area contributed by atoms with Crippen molar-refractivity contribution in [1.29, 1.82) is 5.41 Å². The average Bonchev–Trinajstić information content (AvgIpc) is 2.59. The second kappa shape index (κ2) is 8.54. The molecule has 5 N–H and O–H groups in total. The van der Waals surface area contributed by atoms with Crippen LogP contribution in [0.1, 0.15) is 17.5 Å². The third-order valence-electron chi connectivity index (χ3n) is 3.72. The first-order chi connectivity index (χ1) is 11.2. The van der Waals surface area contributed by atoms with Crippen molar-refractivity contribution in [2.24, 2.45) is 0 Å². The van der Waals surface area contributed by atoms with Crippen molar-refractivity contribution in [3.63, 3.8) is 0 Å². The van der Waals surface area contributed by atoms with Crippen molar-refractivity contribution in [2.75, 3.05) is 42.8 Å². The zero-order valence-corrected chi connectivity index (χ0v) is 14.7. The molecule has 0 aromatic heterocycles. The van der Waals surface area contributed by atoms with E-state index >= 15 is 0 Å². The first kappa shape index (κ1) is 17.3. The fourth-order valence-electron chi connectivity index (χ4n) is 2.34. The molecule has 0 amide bonds. The monoisotopic (exact) mass is 328 g/mol. The van der Waals surface area contributed by atoms with Crippen LogP contribution in [0.2, 0.25) is 0 Å². The molecule has 0 spiro atoms. The van der Waals surface area contributed by atoms with Gasteiger partial charge in [-0.05, 0) is 49.6 Å². The lowest BCUT2D eigenvalue weighted by atomic mass is 10.00. The lowest BCUT2D eigenvalue weighted by Crippen LogP contribution is -2.07. The van der Waals surface area contributed by atoms with E-state index in [0.29, 0.717) is 11.4 Å². The molecule has 0 fully saturated rings. The summed E-state index contributed by atoms with van der Waals surface area (Å²) in [7, 11) is 2.88. The SMILES string of the molecule is CNc1ccc(N)c(C(=N)c2ccc(NCCCPC)cc2)c1. The predicted octanol–water partition coefficient (Wildman–Crippen LogP) is 3.84. The van der Waals surface area contributed by atoms with Crippen molar-refractivity contribution >= 4 is 31.4 Å². The van der Waals surface area contributed by atoms with E-state index in [1.54, 1.807) is 0 Å². The van der Waals surface area contributed by atoms with Crippen LogP contribution in [0.3, 0.4) is 0 Å². The third kappa shape index (κ3) is 4.70. The van der Waals surface area contributed by atoms with Gasteiger partial charge in [0.25, 0.3) is 0 Å². The quantitative estimate of drug-likeness (QED) is 0.257. The van der Waals surface area contributed by atoms with Crippen molar-refractivity contribution in [3.05, 3.63) is 53.6 Å². The predicted molar refractivity (Wildman–Crippen MR) is 105 cm³/mol.